The van der Waals surface area contributed by atoms with Crippen LogP contribution in [0, 0.1) is 6.92 Å². The van der Waals surface area contributed by atoms with Crippen molar-refractivity contribution in [1.29, 1.82) is 0 Å². The van der Waals surface area contributed by atoms with Crippen LogP contribution in [-0.2, 0) is 14.8 Å². The number of nitrogens with zero attached hydrogens (tertiary/aromatic N) is 2. The van der Waals surface area contributed by atoms with Crippen molar-refractivity contribution in [1.82, 2.24) is 5.43 Å². The van der Waals surface area contributed by atoms with Crippen LogP contribution < -0.4 is 19.2 Å². The molecule has 0 spiro atoms. The average molecular weight is 530 g/mol. The molecule has 1 N–H and O–H groups in total. The van der Waals surface area contributed by atoms with Gasteiger partial charge >= 0.3 is 0 Å². The molecule has 0 aliphatic rings. The van der Waals surface area contributed by atoms with Crippen LogP contribution in [-0.4, -0.2) is 40.3 Å². The van der Waals surface area contributed by atoms with E-state index in [4.69, 9.17) is 21.1 Å². The summed E-state index contributed by atoms with van der Waals surface area (Å²) in [6, 6.07) is 18.0. The number of hydrogen-bond acceptors (Lipinski definition) is 6. The number of ether oxygens (including phenoxy) is 2. The van der Waals surface area contributed by atoms with E-state index in [0.29, 0.717) is 35.3 Å². The van der Waals surface area contributed by atoms with E-state index in [0.717, 1.165) is 9.87 Å². The van der Waals surface area contributed by atoms with Crippen molar-refractivity contribution in [2.45, 2.75) is 25.7 Å². The Morgan fingerprint density at radius 1 is 1.00 bits per heavy atom. The number of amides is 1. The summed E-state index contributed by atoms with van der Waals surface area (Å²) in [6.07, 6.45) is 1.44. The van der Waals surface area contributed by atoms with Gasteiger partial charge in [0.2, 0.25) is 0 Å². The van der Waals surface area contributed by atoms with E-state index in [2.05, 4.69) is 10.5 Å². The van der Waals surface area contributed by atoms with E-state index in [1.165, 1.54) is 24.4 Å². The zero-order valence-corrected chi connectivity index (χ0v) is 21.8. The predicted molar refractivity (Wildman–Crippen MR) is 142 cm³/mol. The maximum Gasteiger partial charge on any atom is 0.264 e. The summed E-state index contributed by atoms with van der Waals surface area (Å²) < 4.78 is 38.9. The topological polar surface area (TPSA) is 97.3 Å². The zero-order valence-electron chi connectivity index (χ0n) is 20.3. The molecule has 0 aromatic heterocycles. The molecule has 0 aliphatic heterocycles. The molecular weight excluding hydrogens is 502 g/mol. The molecule has 0 radical (unpaired) electrons. The molecule has 0 unspecified atom stereocenters. The summed E-state index contributed by atoms with van der Waals surface area (Å²) in [5.74, 6) is 0.545. The minimum absolute atomic E-state index is 0.0517. The Hall–Kier alpha value is -3.56. The highest BCUT2D eigenvalue weighted by molar-refractivity contribution is 7.92. The maximum atomic E-state index is 13.4. The highest BCUT2D eigenvalue weighted by Crippen LogP contribution is 2.29. The van der Waals surface area contributed by atoms with E-state index < -0.39 is 22.5 Å². The highest BCUT2D eigenvalue weighted by Gasteiger charge is 2.27. The van der Waals surface area contributed by atoms with E-state index in [1.54, 1.807) is 55.5 Å². The van der Waals surface area contributed by atoms with Gasteiger partial charge in [0.15, 0.2) is 11.5 Å². The van der Waals surface area contributed by atoms with Crippen LogP contribution >= 0.6 is 11.6 Å². The molecular formula is C26H28ClN3O5S. The van der Waals surface area contributed by atoms with Crippen LogP contribution in [0.4, 0.5) is 5.69 Å². The van der Waals surface area contributed by atoms with Gasteiger partial charge in [0.25, 0.3) is 15.9 Å². The van der Waals surface area contributed by atoms with Crippen molar-refractivity contribution < 1.29 is 22.7 Å². The number of hydrogen-bond donors (Lipinski definition) is 1. The molecule has 0 aliphatic carbocycles. The normalized spacial score (nSPS) is 11.3. The van der Waals surface area contributed by atoms with Gasteiger partial charge in [-0.2, -0.15) is 5.10 Å². The SMILES string of the molecule is CCOc1ccc(/C=N\NC(=O)CN(c2ccc(C)c(Cl)c2)S(=O)(=O)c2ccccc2)cc1OCC. The average Bonchev–Trinajstić information content (AvgIpc) is 2.86. The number of carbonyl (C=O) groups is 1. The second kappa shape index (κ2) is 12.4. The minimum atomic E-state index is -4.05. The number of sulfonamides is 1. The number of anilines is 1. The smallest absolute Gasteiger partial charge is 0.264 e. The maximum absolute atomic E-state index is 13.4. The zero-order chi connectivity index (χ0) is 26.1. The Morgan fingerprint density at radius 3 is 2.36 bits per heavy atom. The first-order valence-corrected chi connectivity index (χ1v) is 13.1. The lowest BCUT2D eigenvalue weighted by Crippen LogP contribution is -2.39. The lowest BCUT2D eigenvalue weighted by atomic mass is 10.2. The fraction of sp³-hybridized carbons (Fsp3) is 0.231. The molecule has 0 fully saturated rings. The summed E-state index contributed by atoms with van der Waals surface area (Å²) in [6.45, 7) is 6.02. The van der Waals surface area contributed by atoms with Gasteiger partial charge in [-0.15, -0.1) is 0 Å². The molecule has 0 saturated carbocycles. The van der Waals surface area contributed by atoms with Crippen molar-refractivity contribution in [2.75, 3.05) is 24.1 Å². The molecule has 0 saturated heterocycles. The van der Waals surface area contributed by atoms with Crippen LogP contribution in [0.5, 0.6) is 11.5 Å². The molecule has 1 amide bonds. The monoisotopic (exact) mass is 529 g/mol. The van der Waals surface area contributed by atoms with Crippen LogP contribution in [0.15, 0.2) is 76.7 Å². The quantitative estimate of drug-likeness (QED) is 0.284. The summed E-state index contributed by atoms with van der Waals surface area (Å²) in [5, 5.41) is 4.37. The third-order valence-corrected chi connectivity index (χ3v) is 7.23. The van der Waals surface area contributed by atoms with E-state index in [-0.39, 0.29) is 10.6 Å². The van der Waals surface area contributed by atoms with Crippen LogP contribution in [0.1, 0.15) is 25.0 Å². The molecule has 0 heterocycles. The van der Waals surface area contributed by atoms with Gasteiger partial charge in [-0.05, 0) is 74.4 Å². The van der Waals surface area contributed by atoms with Crippen LogP contribution in [0.2, 0.25) is 5.02 Å². The van der Waals surface area contributed by atoms with Gasteiger partial charge < -0.3 is 9.47 Å². The Balaban J connectivity index is 1.81. The standard InChI is InChI=1S/C26H28ClN3O5S/c1-4-34-24-14-12-20(15-25(24)35-5-2)17-28-29-26(31)18-30(21-13-11-19(3)23(27)16-21)36(32,33)22-9-7-6-8-10-22/h6-17H,4-5,18H2,1-3H3,(H,29,31)/b28-17-. The Labute approximate surface area is 216 Å². The van der Waals surface area contributed by atoms with Crippen molar-refractivity contribution in [2.24, 2.45) is 5.10 Å². The van der Waals surface area contributed by atoms with Crippen LogP contribution in [0.25, 0.3) is 0 Å². The van der Waals surface area contributed by atoms with Crippen molar-refractivity contribution in [3.8, 4) is 11.5 Å². The van der Waals surface area contributed by atoms with E-state index in [1.807, 2.05) is 13.8 Å². The molecule has 36 heavy (non-hydrogen) atoms. The van der Waals surface area contributed by atoms with Crippen molar-refractivity contribution in [3.63, 3.8) is 0 Å². The second-order valence-electron chi connectivity index (χ2n) is 7.62. The fourth-order valence-electron chi connectivity index (χ4n) is 3.26. The predicted octanol–water partition coefficient (Wildman–Crippen LogP) is 4.79. The highest BCUT2D eigenvalue weighted by atomic mass is 35.5. The van der Waals surface area contributed by atoms with Crippen LogP contribution in [0.3, 0.4) is 0 Å². The van der Waals surface area contributed by atoms with Gasteiger partial charge in [-0.1, -0.05) is 35.9 Å². The molecule has 0 bridgehead atoms. The van der Waals surface area contributed by atoms with E-state index in [9.17, 15) is 13.2 Å². The molecule has 3 rings (SSSR count). The summed E-state index contributed by atoms with van der Waals surface area (Å²) >= 11 is 6.24. The fourth-order valence-corrected chi connectivity index (χ4v) is 4.87. The number of benzene rings is 3. The number of aryl methyl sites for hydroxylation is 1. The third-order valence-electron chi connectivity index (χ3n) is 5.03. The number of carbonyl (C=O) groups excluding carboxylic acids is 1. The molecule has 8 nitrogen and oxygen atoms in total. The molecule has 3 aromatic rings. The Bertz CT molecular complexity index is 1330. The number of nitrogens with one attached hydrogen (secondary N) is 1. The molecule has 190 valence electrons. The van der Waals surface area contributed by atoms with Gasteiger partial charge in [0, 0.05) is 5.02 Å². The largest absolute Gasteiger partial charge is 0.490 e. The van der Waals surface area contributed by atoms with E-state index >= 15 is 0 Å². The molecule has 0 atom stereocenters. The first kappa shape index (κ1) is 27.0. The van der Waals surface area contributed by atoms with Gasteiger partial charge in [-0.3, -0.25) is 9.10 Å². The number of halogens is 1. The lowest BCUT2D eigenvalue weighted by Gasteiger charge is -2.24. The Kier molecular flexibility index (Phi) is 9.32. The lowest BCUT2D eigenvalue weighted by molar-refractivity contribution is -0.119. The summed E-state index contributed by atoms with van der Waals surface area (Å²) in [4.78, 5) is 12.8. The number of hydrazone groups is 1. The summed E-state index contributed by atoms with van der Waals surface area (Å²) in [5.41, 5.74) is 4.11. The summed E-state index contributed by atoms with van der Waals surface area (Å²) in [7, 11) is -4.05. The first-order chi connectivity index (χ1) is 17.3. The molecule has 10 heteroatoms. The number of rotatable bonds is 11. The molecule has 3 aromatic carbocycles. The van der Waals surface area contributed by atoms with Crippen molar-refractivity contribution in [3.05, 3.63) is 82.9 Å². The van der Waals surface area contributed by atoms with Crippen molar-refractivity contribution >= 4 is 39.4 Å². The van der Waals surface area contributed by atoms with Gasteiger partial charge in [-0.25, -0.2) is 13.8 Å². The minimum Gasteiger partial charge on any atom is -0.490 e. The Morgan fingerprint density at radius 2 is 1.69 bits per heavy atom. The second-order valence-corrected chi connectivity index (χ2v) is 9.89. The first-order valence-electron chi connectivity index (χ1n) is 11.3. The van der Waals surface area contributed by atoms with Gasteiger partial charge in [0.05, 0.1) is 30.0 Å². The van der Waals surface area contributed by atoms with Gasteiger partial charge in [0.1, 0.15) is 6.54 Å². The third kappa shape index (κ3) is 6.77.